The van der Waals surface area contributed by atoms with Gasteiger partial charge in [-0.3, -0.25) is 4.90 Å². The van der Waals surface area contributed by atoms with E-state index in [-0.39, 0.29) is 5.82 Å². The molecule has 2 rings (SSSR count). The highest BCUT2D eigenvalue weighted by molar-refractivity contribution is 5.50. The topological polar surface area (TPSA) is 44.3 Å². The number of nitrogens with zero attached hydrogens (tertiary/aromatic N) is 4. The maximum atomic E-state index is 12.9. The molecule has 1 aliphatic rings. The summed E-state index contributed by atoms with van der Waals surface area (Å²) in [6, 6.07) is 1.88. The molecule has 1 unspecified atom stereocenters. The van der Waals surface area contributed by atoms with E-state index in [1.54, 1.807) is 13.1 Å². The lowest BCUT2D eigenvalue weighted by atomic mass is 10.1. The number of aromatic nitrogens is 2. The molecule has 1 N–H and O–H groups in total. The first kappa shape index (κ1) is 15.8. The fourth-order valence-corrected chi connectivity index (χ4v) is 2.45. The molecule has 0 radical (unpaired) electrons. The predicted molar refractivity (Wildman–Crippen MR) is 75.5 cm³/mol. The van der Waals surface area contributed by atoms with Gasteiger partial charge in [-0.2, -0.15) is 13.2 Å². The van der Waals surface area contributed by atoms with Gasteiger partial charge in [-0.25, -0.2) is 9.97 Å². The summed E-state index contributed by atoms with van der Waals surface area (Å²) in [5.41, 5.74) is 0. The zero-order chi connectivity index (χ0) is 15.6. The molecule has 5 nitrogen and oxygen atoms in total. The minimum Gasteiger partial charge on any atom is -0.373 e. The summed E-state index contributed by atoms with van der Waals surface area (Å²) < 4.78 is 38.6. The van der Waals surface area contributed by atoms with E-state index in [2.05, 4.69) is 27.1 Å². The van der Waals surface area contributed by atoms with E-state index in [0.717, 1.165) is 13.0 Å². The minimum atomic E-state index is -4.54. The largest absolute Gasteiger partial charge is 0.451 e. The van der Waals surface area contributed by atoms with E-state index >= 15 is 0 Å². The lowest BCUT2D eigenvalue weighted by Gasteiger charge is -2.39. The summed E-state index contributed by atoms with van der Waals surface area (Å²) in [4.78, 5) is 11.3. The van der Waals surface area contributed by atoms with Crippen LogP contribution in [0.3, 0.4) is 0 Å². The first-order valence-electron chi connectivity index (χ1n) is 6.94. The van der Waals surface area contributed by atoms with Crippen LogP contribution in [0.4, 0.5) is 24.8 Å². The van der Waals surface area contributed by atoms with Crippen molar-refractivity contribution in [3.8, 4) is 0 Å². The summed E-state index contributed by atoms with van der Waals surface area (Å²) in [7, 11) is 3.58. The first-order chi connectivity index (χ1) is 9.85. The summed E-state index contributed by atoms with van der Waals surface area (Å²) in [6.07, 6.45) is -3.60. The van der Waals surface area contributed by atoms with Crippen LogP contribution >= 0.6 is 0 Å². The molecule has 1 aromatic rings. The highest BCUT2D eigenvalue weighted by atomic mass is 19.4. The second-order valence-corrected chi connectivity index (χ2v) is 5.17. The Hall–Kier alpha value is -1.57. The third kappa shape index (κ3) is 3.55. The van der Waals surface area contributed by atoms with Gasteiger partial charge in [0.2, 0.25) is 5.82 Å². The molecule has 0 aromatic carbocycles. The van der Waals surface area contributed by atoms with Gasteiger partial charge in [-0.05, 0) is 13.5 Å². The average Bonchev–Trinajstić information content (AvgIpc) is 2.46. The van der Waals surface area contributed by atoms with Gasteiger partial charge in [0.05, 0.1) is 0 Å². The van der Waals surface area contributed by atoms with Crippen LogP contribution in [0, 0.1) is 0 Å². The normalized spacial score (nSPS) is 20.7. The van der Waals surface area contributed by atoms with E-state index in [0.29, 0.717) is 24.9 Å². The predicted octanol–water partition coefficient (Wildman–Crippen LogP) is 2.07. The first-order valence-corrected chi connectivity index (χ1v) is 6.94. The lowest BCUT2D eigenvalue weighted by molar-refractivity contribution is -0.144. The molecule has 118 valence electrons. The second-order valence-electron chi connectivity index (χ2n) is 5.17. The standard InChI is InChI=1S/C13H20F3N5/c1-4-9-8-21(6-5-20(9)3)11-7-10(17-2)18-12(19-11)13(14,15)16/h7,9H,4-6,8H2,1-3H3,(H,17,18,19). The third-order valence-electron chi connectivity index (χ3n) is 3.79. The Bertz CT molecular complexity index is 491. The highest BCUT2D eigenvalue weighted by Gasteiger charge is 2.36. The number of alkyl halides is 3. The molecule has 1 fully saturated rings. The van der Waals surface area contributed by atoms with E-state index in [9.17, 15) is 13.2 Å². The molecular weight excluding hydrogens is 283 g/mol. The van der Waals surface area contributed by atoms with Gasteiger partial charge in [0.15, 0.2) is 0 Å². The Morgan fingerprint density at radius 3 is 2.62 bits per heavy atom. The van der Waals surface area contributed by atoms with Crippen LogP contribution in [0.1, 0.15) is 19.2 Å². The summed E-state index contributed by atoms with van der Waals surface area (Å²) in [6.45, 7) is 4.21. The van der Waals surface area contributed by atoms with Crippen molar-refractivity contribution < 1.29 is 13.2 Å². The Morgan fingerprint density at radius 2 is 2.05 bits per heavy atom. The molecule has 1 aliphatic heterocycles. The molecule has 0 bridgehead atoms. The van der Waals surface area contributed by atoms with Crippen LogP contribution in [0.25, 0.3) is 0 Å². The number of hydrogen-bond donors (Lipinski definition) is 1. The molecular formula is C13H20F3N5. The van der Waals surface area contributed by atoms with Gasteiger partial charge in [0.25, 0.3) is 0 Å². The summed E-state index contributed by atoms with van der Waals surface area (Å²) in [5, 5.41) is 2.66. The van der Waals surface area contributed by atoms with Crippen molar-refractivity contribution in [3.05, 3.63) is 11.9 Å². The number of nitrogens with one attached hydrogen (secondary N) is 1. The molecule has 1 saturated heterocycles. The molecule has 0 saturated carbocycles. The Morgan fingerprint density at radius 1 is 1.33 bits per heavy atom. The zero-order valence-corrected chi connectivity index (χ0v) is 12.4. The monoisotopic (exact) mass is 303 g/mol. The van der Waals surface area contributed by atoms with Crippen molar-refractivity contribution in [2.75, 3.05) is 43.9 Å². The highest BCUT2D eigenvalue weighted by Crippen LogP contribution is 2.29. The molecule has 8 heteroatoms. The molecule has 0 aliphatic carbocycles. The van der Waals surface area contributed by atoms with Crippen molar-refractivity contribution >= 4 is 11.6 Å². The number of rotatable bonds is 3. The minimum absolute atomic E-state index is 0.180. The van der Waals surface area contributed by atoms with E-state index in [1.807, 2.05) is 11.9 Å². The second kappa shape index (κ2) is 6.05. The van der Waals surface area contributed by atoms with Crippen LogP contribution in [-0.2, 0) is 6.18 Å². The van der Waals surface area contributed by atoms with Gasteiger partial charge < -0.3 is 10.2 Å². The van der Waals surface area contributed by atoms with Crippen molar-refractivity contribution in [2.45, 2.75) is 25.6 Å². The number of halogens is 3. The number of anilines is 2. The molecule has 0 spiro atoms. The van der Waals surface area contributed by atoms with Gasteiger partial charge in [0.1, 0.15) is 11.6 Å². The van der Waals surface area contributed by atoms with E-state index < -0.39 is 12.0 Å². The Balaban J connectivity index is 2.30. The maximum Gasteiger partial charge on any atom is 0.451 e. The lowest BCUT2D eigenvalue weighted by Crippen LogP contribution is -2.51. The van der Waals surface area contributed by atoms with E-state index in [1.165, 1.54) is 0 Å². The molecule has 21 heavy (non-hydrogen) atoms. The van der Waals surface area contributed by atoms with Crippen molar-refractivity contribution in [3.63, 3.8) is 0 Å². The Labute approximate surface area is 122 Å². The number of likely N-dealkylation sites (N-methyl/N-ethyl adjacent to an activating group) is 1. The molecule has 2 heterocycles. The molecule has 0 amide bonds. The van der Waals surface area contributed by atoms with Crippen LogP contribution in [0.5, 0.6) is 0 Å². The van der Waals surface area contributed by atoms with Crippen LogP contribution in [0.2, 0.25) is 0 Å². The Kier molecular flexibility index (Phi) is 4.55. The maximum absolute atomic E-state index is 12.9. The van der Waals surface area contributed by atoms with Crippen LogP contribution in [0.15, 0.2) is 6.07 Å². The molecule has 1 aromatic heterocycles. The smallest absolute Gasteiger partial charge is 0.373 e. The van der Waals surface area contributed by atoms with Crippen LogP contribution < -0.4 is 10.2 Å². The fraction of sp³-hybridized carbons (Fsp3) is 0.692. The SMILES string of the molecule is CCC1CN(c2cc(NC)nc(C(F)(F)F)n2)CCN1C. The quantitative estimate of drug-likeness (QED) is 0.926. The van der Waals surface area contributed by atoms with Crippen molar-refractivity contribution in [2.24, 2.45) is 0 Å². The zero-order valence-electron chi connectivity index (χ0n) is 12.4. The third-order valence-corrected chi connectivity index (χ3v) is 3.79. The van der Waals surface area contributed by atoms with Gasteiger partial charge in [-0.15, -0.1) is 0 Å². The van der Waals surface area contributed by atoms with Gasteiger partial charge in [0, 0.05) is 38.8 Å². The van der Waals surface area contributed by atoms with Gasteiger partial charge >= 0.3 is 6.18 Å². The van der Waals surface area contributed by atoms with E-state index in [4.69, 9.17) is 0 Å². The van der Waals surface area contributed by atoms with Crippen molar-refractivity contribution in [1.82, 2.24) is 14.9 Å². The average molecular weight is 303 g/mol. The molecule has 1 atom stereocenters. The summed E-state index contributed by atoms with van der Waals surface area (Å²) >= 11 is 0. The van der Waals surface area contributed by atoms with Gasteiger partial charge in [-0.1, -0.05) is 6.92 Å². The van der Waals surface area contributed by atoms with Crippen LogP contribution in [-0.4, -0.2) is 54.6 Å². The fourth-order valence-electron chi connectivity index (χ4n) is 2.45. The summed E-state index contributed by atoms with van der Waals surface area (Å²) in [5.74, 6) is -0.594. The number of piperazine rings is 1. The number of hydrogen-bond acceptors (Lipinski definition) is 5. The van der Waals surface area contributed by atoms with Crippen molar-refractivity contribution in [1.29, 1.82) is 0 Å².